The number of urea groups is 1. The third-order valence-corrected chi connectivity index (χ3v) is 2.50. The third-order valence-electron chi connectivity index (χ3n) is 2.50. The predicted octanol–water partition coefficient (Wildman–Crippen LogP) is 2.17. The Balaban J connectivity index is 2.09. The Morgan fingerprint density at radius 3 is 2.83 bits per heavy atom. The molecule has 0 atom stereocenters. The van der Waals surface area contributed by atoms with Gasteiger partial charge in [-0.05, 0) is 18.6 Å². The Bertz CT molecular complexity index is 563. The first-order valence-electron chi connectivity index (χ1n) is 5.33. The SMILES string of the molecule is Cc1c(C=O)cccc1NC(=O)Nc1ccn[nH]1. The molecule has 2 aromatic rings. The van der Waals surface area contributed by atoms with Gasteiger partial charge in [0.15, 0.2) is 0 Å². The van der Waals surface area contributed by atoms with Gasteiger partial charge >= 0.3 is 6.03 Å². The average molecular weight is 244 g/mol. The highest BCUT2D eigenvalue weighted by atomic mass is 16.2. The van der Waals surface area contributed by atoms with Crippen LogP contribution in [0.25, 0.3) is 0 Å². The van der Waals surface area contributed by atoms with Gasteiger partial charge in [-0.3, -0.25) is 15.2 Å². The molecule has 0 saturated heterocycles. The first-order chi connectivity index (χ1) is 8.70. The van der Waals surface area contributed by atoms with Gasteiger partial charge in [0.25, 0.3) is 0 Å². The van der Waals surface area contributed by atoms with E-state index in [2.05, 4.69) is 20.8 Å². The molecule has 92 valence electrons. The van der Waals surface area contributed by atoms with E-state index in [0.29, 0.717) is 17.1 Å². The lowest BCUT2D eigenvalue weighted by atomic mass is 10.1. The van der Waals surface area contributed by atoms with Crippen molar-refractivity contribution >= 4 is 23.8 Å². The zero-order chi connectivity index (χ0) is 13.0. The molecule has 0 bridgehead atoms. The molecule has 3 N–H and O–H groups in total. The smallest absolute Gasteiger partial charge is 0.307 e. The second-order valence-electron chi connectivity index (χ2n) is 3.69. The van der Waals surface area contributed by atoms with Crippen molar-refractivity contribution in [1.29, 1.82) is 0 Å². The van der Waals surface area contributed by atoms with Gasteiger partial charge in [-0.1, -0.05) is 12.1 Å². The van der Waals surface area contributed by atoms with Gasteiger partial charge in [-0.25, -0.2) is 4.79 Å². The van der Waals surface area contributed by atoms with Crippen LogP contribution in [-0.2, 0) is 0 Å². The molecule has 1 heterocycles. The Hall–Kier alpha value is -2.63. The first-order valence-corrected chi connectivity index (χ1v) is 5.33. The van der Waals surface area contributed by atoms with Crippen LogP contribution in [0.4, 0.5) is 16.3 Å². The van der Waals surface area contributed by atoms with Crippen LogP contribution in [0.2, 0.25) is 0 Å². The van der Waals surface area contributed by atoms with Crippen LogP contribution >= 0.6 is 0 Å². The molecule has 2 amide bonds. The summed E-state index contributed by atoms with van der Waals surface area (Å²) in [6, 6.07) is 6.37. The largest absolute Gasteiger partial charge is 0.324 e. The summed E-state index contributed by atoms with van der Waals surface area (Å²) < 4.78 is 0. The van der Waals surface area contributed by atoms with E-state index in [1.807, 2.05) is 0 Å². The molecular weight excluding hydrogens is 232 g/mol. The number of aromatic amines is 1. The number of aldehydes is 1. The molecule has 6 heteroatoms. The number of benzene rings is 1. The summed E-state index contributed by atoms with van der Waals surface area (Å²) in [6.07, 6.45) is 2.29. The zero-order valence-electron chi connectivity index (χ0n) is 9.73. The van der Waals surface area contributed by atoms with Crippen LogP contribution in [0.1, 0.15) is 15.9 Å². The van der Waals surface area contributed by atoms with Crippen LogP contribution in [0.15, 0.2) is 30.5 Å². The highest BCUT2D eigenvalue weighted by molar-refractivity contribution is 6.00. The number of hydrogen-bond donors (Lipinski definition) is 3. The summed E-state index contributed by atoms with van der Waals surface area (Å²) in [7, 11) is 0. The predicted molar refractivity (Wildman–Crippen MR) is 67.8 cm³/mol. The van der Waals surface area contributed by atoms with Crippen molar-refractivity contribution < 1.29 is 9.59 Å². The van der Waals surface area contributed by atoms with Crippen molar-refractivity contribution in [2.75, 3.05) is 10.6 Å². The first kappa shape index (κ1) is 11.8. The minimum atomic E-state index is -0.398. The maximum absolute atomic E-state index is 11.7. The van der Waals surface area contributed by atoms with Crippen LogP contribution in [-0.4, -0.2) is 22.5 Å². The number of H-pyrrole nitrogens is 1. The van der Waals surface area contributed by atoms with E-state index < -0.39 is 6.03 Å². The zero-order valence-corrected chi connectivity index (χ0v) is 9.73. The lowest BCUT2D eigenvalue weighted by Crippen LogP contribution is -2.20. The van der Waals surface area contributed by atoms with Crippen LogP contribution < -0.4 is 10.6 Å². The number of nitrogens with zero attached hydrogens (tertiary/aromatic N) is 1. The van der Waals surface area contributed by atoms with Gasteiger partial charge in [-0.2, -0.15) is 5.10 Å². The number of carbonyl (C=O) groups excluding carboxylic acids is 2. The molecule has 0 aliphatic carbocycles. The van der Waals surface area contributed by atoms with Crippen molar-refractivity contribution in [3.05, 3.63) is 41.6 Å². The van der Waals surface area contributed by atoms with Crippen LogP contribution in [0.3, 0.4) is 0 Å². The van der Waals surface area contributed by atoms with Gasteiger partial charge in [0.2, 0.25) is 0 Å². The Labute approximate surface area is 103 Å². The van der Waals surface area contributed by atoms with Gasteiger partial charge in [0.1, 0.15) is 12.1 Å². The monoisotopic (exact) mass is 244 g/mol. The van der Waals surface area contributed by atoms with E-state index in [1.165, 1.54) is 6.20 Å². The summed E-state index contributed by atoms with van der Waals surface area (Å²) >= 11 is 0. The maximum atomic E-state index is 11.7. The number of aromatic nitrogens is 2. The van der Waals surface area contributed by atoms with Crippen molar-refractivity contribution in [1.82, 2.24) is 10.2 Å². The summed E-state index contributed by atoms with van der Waals surface area (Å²) in [5.41, 5.74) is 1.87. The Kier molecular flexibility index (Phi) is 3.38. The summed E-state index contributed by atoms with van der Waals surface area (Å²) in [5.74, 6) is 0.497. The fourth-order valence-corrected chi connectivity index (χ4v) is 1.52. The number of anilines is 2. The molecule has 0 saturated carbocycles. The van der Waals surface area contributed by atoms with E-state index in [1.54, 1.807) is 31.2 Å². The van der Waals surface area contributed by atoms with E-state index in [9.17, 15) is 9.59 Å². The molecule has 0 aliphatic rings. The number of nitrogens with one attached hydrogen (secondary N) is 3. The topological polar surface area (TPSA) is 86.9 Å². The lowest BCUT2D eigenvalue weighted by molar-refractivity contribution is 0.112. The number of rotatable bonds is 3. The third kappa shape index (κ3) is 2.54. The molecule has 0 fully saturated rings. The summed E-state index contributed by atoms with van der Waals surface area (Å²) in [5, 5.41) is 11.6. The highest BCUT2D eigenvalue weighted by Gasteiger charge is 2.07. The molecule has 0 aliphatic heterocycles. The molecule has 18 heavy (non-hydrogen) atoms. The van der Waals surface area contributed by atoms with Crippen molar-refractivity contribution in [2.45, 2.75) is 6.92 Å². The summed E-state index contributed by atoms with van der Waals surface area (Å²) in [6.45, 7) is 1.77. The van der Waals surface area contributed by atoms with Gasteiger partial charge in [0.05, 0.1) is 6.20 Å². The molecule has 6 nitrogen and oxygen atoms in total. The molecule has 0 unspecified atom stereocenters. The molecule has 1 aromatic carbocycles. The fraction of sp³-hybridized carbons (Fsp3) is 0.0833. The van der Waals surface area contributed by atoms with Crippen molar-refractivity contribution in [2.24, 2.45) is 0 Å². The summed E-state index contributed by atoms with van der Waals surface area (Å²) in [4.78, 5) is 22.5. The maximum Gasteiger partial charge on any atom is 0.324 e. The van der Waals surface area contributed by atoms with E-state index in [4.69, 9.17) is 0 Å². The van der Waals surface area contributed by atoms with Gasteiger partial charge < -0.3 is 5.32 Å². The number of carbonyl (C=O) groups is 2. The lowest BCUT2D eigenvalue weighted by Gasteiger charge is -2.09. The average Bonchev–Trinajstić information content (AvgIpc) is 2.84. The van der Waals surface area contributed by atoms with E-state index in [-0.39, 0.29) is 0 Å². The van der Waals surface area contributed by atoms with Crippen molar-refractivity contribution in [3.8, 4) is 0 Å². The quantitative estimate of drug-likeness (QED) is 0.723. The van der Waals surface area contributed by atoms with Crippen LogP contribution in [0.5, 0.6) is 0 Å². The second-order valence-corrected chi connectivity index (χ2v) is 3.69. The number of amides is 2. The van der Waals surface area contributed by atoms with Crippen molar-refractivity contribution in [3.63, 3.8) is 0 Å². The second kappa shape index (κ2) is 5.13. The van der Waals surface area contributed by atoms with E-state index in [0.717, 1.165) is 11.8 Å². The Morgan fingerprint density at radius 2 is 2.17 bits per heavy atom. The van der Waals surface area contributed by atoms with Gasteiger partial charge in [0, 0.05) is 17.3 Å². The van der Waals surface area contributed by atoms with Gasteiger partial charge in [-0.15, -0.1) is 0 Å². The normalized spacial score (nSPS) is 9.83. The molecule has 2 rings (SSSR count). The molecule has 1 aromatic heterocycles. The molecular formula is C12H12N4O2. The molecule has 0 radical (unpaired) electrons. The minimum absolute atomic E-state index is 0.398. The highest BCUT2D eigenvalue weighted by Crippen LogP contribution is 2.17. The number of hydrogen-bond acceptors (Lipinski definition) is 3. The standard InChI is InChI=1S/C12H12N4O2/c1-8-9(7-17)3-2-4-10(8)14-12(18)15-11-5-6-13-16-11/h2-7H,1H3,(H3,13,14,15,16,18). The fourth-order valence-electron chi connectivity index (χ4n) is 1.52. The minimum Gasteiger partial charge on any atom is -0.307 e. The van der Waals surface area contributed by atoms with Crippen LogP contribution in [0, 0.1) is 6.92 Å². The Morgan fingerprint density at radius 1 is 1.33 bits per heavy atom. The van der Waals surface area contributed by atoms with E-state index >= 15 is 0 Å². The molecule has 0 spiro atoms.